The van der Waals surface area contributed by atoms with Gasteiger partial charge in [0, 0.05) is 13.1 Å². The van der Waals surface area contributed by atoms with Gasteiger partial charge in [-0.15, -0.1) is 10.2 Å². The SMILES string of the molecule is CCNc1nnc([C@@H](N)C(C)CC)n1CC. The molecule has 0 fully saturated rings. The summed E-state index contributed by atoms with van der Waals surface area (Å²) in [7, 11) is 0. The molecule has 3 N–H and O–H groups in total. The summed E-state index contributed by atoms with van der Waals surface area (Å²) in [4.78, 5) is 0. The highest BCUT2D eigenvalue weighted by Gasteiger charge is 2.20. The highest BCUT2D eigenvalue weighted by Crippen LogP contribution is 2.22. The predicted molar refractivity (Wildman–Crippen MR) is 66.2 cm³/mol. The largest absolute Gasteiger partial charge is 0.355 e. The summed E-state index contributed by atoms with van der Waals surface area (Å²) < 4.78 is 2.06. The zero-order chi connectivity index (χ0) is 12.1. The topological polar surface area (TPSA) is 68.8 Å². The third-order valence-corrected chi connectivity index (χ3v) is 2.99. The van der Waals surface area contributed by atoms with E-state index in [0.717, 1.165) is 31.3 Å². The van der Waals surface area contributed by atoms with E-state index in [2.05, 4.69) is 40.9 Å². The Morgan fingerprint density at radius 1 is 1.31 bits per heavy atom. The van der Waals surface area contributed by atoms with Crippen molar-refractivity contribution in [1.29, 1.82) is 0 Å². The number of hydrogen-bond acceptors (Lipinski definition) is 4. The second kappa shape index (κ2) is 5.84. The Balaban J connectivity index is 2.95. The Bertz CT molecular complexity index is 320. The minimum Gasteiger partial charge on any atom is -0.355 e. The molecule has 1 heterocycles. The summed E-state index contributed by atoms with van der Waals surface area (Å²) in [6.07, 6.45) is 1.05. The third-order valence-electron chi connectivity index (χ3n) is 2.99. The molecule has 5 nitrogen and oxygen atoms in total. The number of nitrogens with two attached hydrogens (primary N) is 1. The van der Waals surface area contributed by atoms with Gasteiger partial charge in [-0.2, -0.15) is 0 Å². The standard InChI is InChI=1S/C11H23N5/c1-5-8(4)9(12)10-14-15-11(13-6-2)16(10)7-3/h8-9H,5-7,12H2,1-4H3,(H,13,15)/t8?,9-/m0/s1. The van der Waals surface area contributed by atoms with E-state index in [-0.39, 0.29) is 6.04 Å². The first-order chi connectivity index (χ1) is 7.65. The first kappa shape index (κ1) is 13.0. The van der Waals surface area contributed by atoms with Gasteiger partial charge in [0.1, 0.15) is 0 Å². The molecule has 0 bridgehead atoms. The minimum absolute atomic E-state index is 0.0372. The molecule has 0 amide bonds. The average molecular weight is 225 g/mol. The van der Waals surface area contributed by atoms with Crippen LogP contribution >= 0.6 is 0 Å². The number of rotatable bonds is 6. The lowest BCUT2D eigenvalue weighted by molar-refractivity contribution is 0.424. The van der Waals surface area contributed by atoms with Crippen LogP contribution < -0.4 is 11.1 Å². The summed E-state index contributed by atoms with van der Waals surface area (Å²) in [6, 6.07) is -0.0372. The van der Waals surface area contributed by atoms with E-state index in [9.17, 15) is 0 Å². The maximum absolute atomic E-state index is 6.18. The van der Waals surface area contributed by atoms with Crippen LogP contribution in [0.5, 0.6) is 0 Å². The van der Waals surface area contributed by atoms with Crippen molar-refractivity contribution < 1.29 is 0 Å². The van der Waals surface area contributed by atoms with Crippen molar-refractivity contribution in [3.8, 4) is 0 Å². The van der Waals surface area contributed by atoms with Crippen LogP contribution in [0.3, 0.4) is 0 Å². The average Bonchev–Trinajstić information content (AvgIpc) is 2.70. The van der Waals surface area contributed by atoms with Crippen molar-refractivity contribution in [2.75, 3.05) is 11.9 Å². The quantitative estimate of drug-likeness (QED) is 0.774. The smallest absolute Gasteiger partial charge is 0.224 e. The fraction of sp³-hybridized carbons (Fsp3) is 0.818. The van der Waals surface area contributed by atoms with Crippen LogP contribution in [0.1, 0.15) is 46.0 Å². The molecule has 0 aliphatic heterocycles. The van der Waals surface area contributed by atoms with Gasteiger partial charge in [-0.1, -0.05) is 20.3 Å². The molecule has 0 saturated heterocycles. The first-order valence-corrected chi connectivity index (χ1v) is 6.08. The lowest BCUT2D eigenvalue weighted by Crippen LogP contribution is -2.23. The molecule has 16 heavy (non-hydrogen) atoms. The minimum atomic E-state index is -0.0372. The summed E-state index contributed by atoms with van der Waals surface area (Å²) in [6.45, 7) is 10.1. The molecule has 1 rings (SSSR count). The Labute approximate surface area is 97.4 Å². The lowest BCUT2D eigenvalue weighted by atomic mass is 9.99. The molecule has 1 unspecified atom stereocenters. The normalized spacial score (nSPS) is 14.8. The Morgan fingerprint density at radius 3 is 2.50 bits per heavy atom. The molecule has 0 aliphatic rings. The summed E-state index contributed by atoms with van der Waals surface area (Å²) in [5.41, 5.74) is 6.18. The molecule has 0 radical (unpaired) electrons. The molecule has 0 saturated carbocycles. The van der Waals surface area contributed by atoms with Gasteiger partial charge >= 0.3 is 0 Å². The predicted octanol–water partition coefficient (Wildman–Crippen LogP) is 1.78. The molecular weight excluding hydrogens is 202 g/mol. The van der Waals surface area contributed by atoms with Crippen LogP contribution in [0.4, 0.5) is 5.95 Å². The van der Waals surface area contributed by atoms with Crippen LogP contribution in [0.15, 0.2) is 0 Å². The van der Waals surface area contributed by atoms with Crippen molar-refractivity contribution in [2.24, 2.45) is 11.7 Å². The Morgan fingerprint density at radius 2 is 2.00 bits per heavy atom. The van der Waals surface area contributed by atoms with Gasteiger partial charge < -0.3 is 11.1 Å². The lowest BCUT2D eigenvalue weighted by Gasteiger charge is -2.18. The van der Waals surface area contributed by atoms with Crippen molar-refractivity contribution in [2.45, 2.75) is 46.7 Å². The molecule has 0 aromatic carbocycles. The summed E-state index contributed by atoms with van der Waals surface area (Å²) in [5, 5.41) is 11.5. The molecule has 0 spiro atoms. The van der Waals surface area contributed by atoms with E-state index in [1.165, 1.54) is 0 Å². The number of nitrogens with zero attached hydrogens (tertiary/aromatic N) is 3. The fourth-order valence-corrected chi connectivity index (χ4v) is 1.67. The van der Waals surface area contributed by atoms with Crippen LogP contribution in [0, 0.1) is 5.92 Å². The van der Waals surface area contributed by atoms with E-state index in [1.54, 1.807) is 0 Å². The van der Waals surface area contributed by atoms with Gasteiger partial charge in [-0.05, 0) is 19.8 Å². The molecular formula is C11H23N5. The fourth-order valence-electron chi connectivity index (χ4n) is 1.67. The van der Waals surface area contributed by atoms with Gasteiger partial charge in [0.2, 0.25) is 5.95 Å². The number of nitrogens with one attached hydrogen (secondary N) is 1. The van der Waals surface area contributed by atoms with Gasteiger partial charge in [0.05, 0.1) is 6.04 Å². The first-order valence-electron chi connectivity index (χ1n) is 6.08. The van der Waals surface area contributed by atoms with E-state index in [0.29, 0.717) is 5.92 Å². The van der Waals surface area contributed by atoms with Crippen LogP contribution in [0.2, 0.25) is 0 Å². The second-order valence-electron chi connectivity index (χ2n) is 4.07. The number of aromatic nitrogens is 3. The zero-order valence-electron chi connectivity index (χ0n) is 10.7. The van der Waals surface area contributed by atoms with E-state index >= 15 is 0 Å². The molecule has 5 heteroatoms. The van der Waals surface area contributed by atoms with Crippen molar-refractivity contribution >= 4 is 5.95 Å². The van der Waals surface area contributed by atoms with Gasteiger partial charge in [0.15, 0.2) is 5.82 Å². The summed E-state index contributed by atoms with van der Waals surface area (Å²) in [5.74, 6) is 2.12. The monoisotopic (exact) mass is 225 g/mol. The van der Waals surface area contributed by atoms with Crippen molar-refractivity contribution in [3.05, 3.63) is 5.82 Å². The van der Waals surface area contributed by atoms with Crippen molar-refractivity contribution in [1.82, 2.24) is 14.8 Å². The third kappa shape index (κ3) is 2.52. The molecule has 2 atom stereocenters. The Kier molecular flexibility index (Phi) is 4.73. The second-order valence-corrected chi connectivity index (χ2v) is 4.07. The zero-order valence-corrected chi connectivity index (χ0v) is 10.7. The van der Waals surface area contributed by atoms with Crippen LogP contribution in [0.25, 0.3) is 0 Å². The highest BCUT2D eigenvalue weighted by atomic mass is 15.4. The molecule has 1 aromatic rings. The van der Waals surface area contributed by atoms with Gasteiger partial charge in [-0.25, -0.2) is 0 Å². The number of hydrogen-bond donors (Lipinski definition) is 2. The van der Waals surface area contributed by atoms with Crippen LogP contribution in [-0.2, 0) is 6.54 Å². The van der Waals surface area contributed by atoms with Crippen molar-refractivity contribution in [3.63, 3.8) is 0 Å². The summed E-state index contributed by atoms with van der Waals surface area (Å²) >= 11 is 0. The van der Waals surface area contributed by atoms with Gasteiger partial charge in [-0.3, -0.25) is 4.57 Å². The van der Waals surface area contributed by atoms with E-state index < -0.39 is 0 Å². The molecule has 1 aromatic heterocycles. The molecule has 0 aliphatic carbocycles. The number of anilines is 1. The maximum atomic E-state index is 6.18. The highest BCUT2D eigenvalue weighted by molar-refractivity contribution is 5.26. The van der Waals surface area contributed by atoms with E-state index in [1.807, 2.05) is 6.92 Å². The van der Waals surface area contributed by atoms with E-state index in [4.69, 9.17) is 5.73 Å². The van der Waals surface area contributed by atoms with Gasteiger partial charge in [0.25, 0.3) is 0 Å². The maximum Gasteiger partial charge on any atom is 0.224 e. The Hall–Kier alpha value is -1.10. The molecule has 92 valence electrons. The van der Waals surface area contributed by atoms with Crippen LogP contribution in [-0.4, -0.2) is 21.3 Å².